The maximum atomic E-state index is 5.33. The van der Waals surface area contributed by atoms with Gasteiger partial charge in [-0.1, -0.05) is 6.07 Å². The van der Waals surface area contributed by atoms with E-state index in [-0.39, 0.29) is 0 Å². The van der Waals surface area contributed by atoms with E-state index in [4.69, 9.17) is 4.74 Å². The van der Waals surface area contributed by atoms with E-state index in [0.717, 1.165) is 26.3 Å². The van der Waals surface area contributed by atoms with Crippen molar-refractivity contribution in [3.05, 3.63) is 24.3 Å². The predicted octanol–water partition coefficient (Wildman–Crippen LogP) is 2.25. The molecule has 1 aliphatic heterocycles. The lowest BCUT2D eigenvalue weighted by atomic mass is 10.2. The minimum absolute atomic E-state index is 0.851. The molecule has 1 aromatic rings. The Morgan fingerprint density at radius 1 is 1.29 bits per heavy atom. The highest BCUT2D eigenvalue weighted by molar-refractivity contribution is 7.98. The average Bonchev–Trinajstić information content (AvgIpc) is 2.30. The number of thioether (sulfide) groups is 1. The highest BCUT2D eigenvalue weighted by Gasteiger charge is 2.10. The second-order valence-electron chi connectivity index (χ2n) is 3.30. The molecule has 0 saturated carbocycles. The van der Waals surface area contributed by atoms with Gasteiger partial charge in [0.2, 0.25) is 0 Å². The van der Waals surface area contributed by atoms with Crippen molar-refractivity contribution >= 4 is 17.4 Å². The predicted molar refractivity (Wildman–Crippen MR) is 61.3 cm³/mol. The first-order chi connectivity index (χ1) is 6.90. The Bertz CT molecular complexity index is 297. The molecule has 0 N–H and O–H groups in total. The molecular weight excluding hydrogens is 194 g/mol. The molecule has 1 aliphatic rings. The smallest absolute Gasteiger partial charge is 0.0642 e. The van der Waals surface area contributed by atoms with Gasteiger partial charge in [-0.25, -0.2) is 0 Å². The molecule has 1 fully saturated rings. The third-order valence-corrected chi connectivity index (χ3v) is 3.15. The molecule has 1 saturated heterocycles. The Morgan fingerprint density at radius 3 is 2.79 bits per heavy atom. The maximum absolute atomic E-state index is 5.33. The first-order valence-electron chi connectivity index (χ1n) is 4.87. The van der Waals surface area contributed by atoms with Crippen LogP contribution in [0.5, 0.6) is 0 Å². The van der Waals surface area contributed by atoms with Crippen molar-refractivity contribution in [2.75, 3.05) is 37.5 Å². The van der Waals surface area contributed by atoms with Crippen LogP contribution in [-0.4, -0.2) is 32.6 Å². The molecule has 0 amide bonds. The van der Waals surface area contributed by atoms with Crippen molar-refractivity contribution in [2.45, 2.75) is 4.90 Å². The highest BCUT2D eigenvalue weighted by atomic mass is 32.2. The number of hydrogen-bond acceptors (Lipinski definition) is 3. The van der Waals surface area contributed by atoms with Gasteiger partial charge in [0.15, 0.2) is 0 Å². The number of nitrogens with zero attached hydrogens (tertiary/aromatic N) is 1. The Labute approximate surface area is 89.2 Å². The zero-order valence-electron chi connectivity index (χ0n) is 8.40. The third-order valence-electron chi connectivity index (χ3n) is 2.43. The number of hydrogen-bond donors (Lipinski definition) is 0. The number of morpholine rings is 1. The van der Waals surface area contributed by atoms with Gasteiger partial charge in [-0.3, -0.25) is 0 Å². The van der Waals surface area contributed by atoms with Crippen LogP contribution in [-0.2, 0) is 4.74 Å². The van der Waals surface area contributed by atoms with E-state index in [1.807, 2.05) is 0 Å². The lowest BCUT2D eigenvalue weighted by Crippen LogP contribution is -2.36. The number of rotatable bonds is 2. The molecule has 0 bridgehead atoms. The molecule has 14 heavy (non-hydrogen) atoms. The molecule has 76 valence electrons. The Balaban J connectivity index is 2.13. The lowest BCUT2D eigenvalue weighted by Gasteiger charge is -2.29. The zero-order valence-corrected chi connectivity index (χ0v) is 9.22. The van der Waals surface area contributed by atoms with Gasteiger partial charge in [0.25, 0.3) is 0 Å². The summed E-state index contributed by atoms with van der Waals surface area (Å²) in [4.78, 5) is 3.71. The molecule has 1 heterocycles. The van der Waals surface area contributed by atoms with E-state index < -0.39 is 0 Å². The molecule has 1 aromatic carbocycles. The van der Waals surface area contributed by atoms with Gasteiger partial charge in [0.05, 0.1) is 13.2 Å². The quantitative estimate of drug-likeness (QED) is 0.693. The van der Waals surface area contributed by atoms with Gasteiger partial charge in [-0.15, -0.1) is 11.8 Å². The first kappa shape index (κ1) is 9.87. The standard InChI is InChI=1S/C11H15NOS/c1-14-11-4-2-3-10(9-11)12-5-7-13-8-6-12/h2-4,9H,5-8H2,1H3. The second-order valence-corrected chi connectivity index (χ2v) is 4.18. The van der Waals surface area contributed by atoms with Crippen LogP contribution in [0.15, 0.2) is 29.2 Å². The molecule has 3 heteroatoms. The van der Waals surface area contributed by atoms with Gasteiger partial charge >= 0.3 is 0 Å². The van der Waals surface area contributed by atoms with E-state index in [0.29, 0.717) is 0 Å². The van der Waals surface area contributed by atoms with Gasteiger partial charge in [0, 0.05) is 23.7 Å². The third kappa shape index (κ3) is 2.22. The lowest BCUT2D eigenvalue weighted by molar-refractivity contribution is 0.122. The Morgan fingerprint density at radius 2 is 2.07 bits per heavy atom. The van der Waals surface area contributed by atoms with Gasteiger partial charge in [0.1, 0.15) is 0 Å². The van der Waals surface area contributed by atoms with Crippen molar-refractivity contribution in [1.29, 1.82) is 0 Å². The van der Waals surface area contributed by atoms with E-state index >= 15 is 0 Å². The van der Waals surface area contributed by atoms with E-state index in [1.54, 1.807) is 11.8 Å². The zero-order chi connectivity index (χ0) is 9.80. The minimum atomic E-state index is 0.851. The molecule has 2 rings (SSSR count). The molecule has 0 unspecified atom stereocenters. The van der Waals surface area contributed by atoms with Crippen molar-refractivity contribution < 1.29 is 4.74 Å². The fourth-order valence-electron chi connectivity index (χ4n) is 1.63. The molecule has 0 aliphatic carbocycles. The largest absolute Gasteiger partial charge is 0.378 e. The van der Waals surface area contributed by atoms with Crippen LogP contribution >= 0.6 is 11.8 Å². The molecule has 0 aromatic heterocycles. The van der Waals surface area contributed by atoms with Crippen LogP contribution in [0.25, 0.3) is 0 Å². The minimum Gasteiger partial charge on any atom is -0.378 e. The van der Waals surface area contributed by atoms with Crippen LogP contribution in [0.4, 0.5) is 5.69 Å². The fourth-order valence-corrected chi connectivity index (χ4v) is 2.08. The summed E-state index contributed by atoms with van der Waals surface area (Å²) in [5, 5.41) is 0. The summed E-state index contributed by atoms with van der Waals surface area (Å²) in [5.41, 5.74) is 1.32. The maximum Gasteiger partial charge on any atom is 0.0642 e. The van der Waals surface area contributed by atoms with Crippen LogP contribution < -0.4 is 4.90 Å². The van der Waals surface area contributed by atoms with Crippen LogP contribution in [0.3, 0.4) is 0 Å². The number of anilines is 1. The monoisotopic (exact) mass is 209 g/mol. The average molecular weight is 209 g/mol. The van der Waals surface area contributed by atoms with E-state index in [9.17, 15) is 0 Å². The molecule has 0 atom stereocenters. The molecule has 0 radical (unpaired) electrons. The summed E-state index contributed by atoms with van der Waals surface area (Å²) in [6.07, 6.45) is 2.11. The molecule has 0 spiro atoms. The van der Waals surface area contributed by atoms with E-state index in [1.165, 1.54) is 10.6 Å². The topological polar surface area (TPSA) is 12.5 Å². The van der Waals surface area contributed by atoms with Gasteiger partial charge in [-0.2, -0.15) is 0 Å². The second kappa shape index (κ2) is 4.71. The van der Waals surface area contributed by atoms with Crippen molar-refractivity contribution in [2.24, 2.45) is 0 Å². The van der Waals surface area contributed by atoms with Crippen LogP contribution in [0, 0.1) is 0 Å². The fraction of sp³-hybridized carbons (Fsp3) is 0.455. The summed E-state index contributed by atoms with van der Waals surface area (Å²) in [5.74, 6) is 0. The first-order valence-corrected chi connectivity index (χ1v) is 6.09. The Kier molecular flexibility index (Phi) is 3.32. The van der Waals surface area contributed by atoms with Gasteiger partial charge < -0.3 is 9.64 Å². The van der Waals surface area contributed by atoms with Crippen molar-refractivity contribution in [1.82, 2.24) is 0 Å². The Hall–Kier alpha value is -0.670. The van der Waals surface area contributed by atoms with Crippen LogP contribution in [0.2, 0.25) is 0 Å². The number of ether oxygens (including phenoxy) is 1. The van der Waals surface area contributed by atoms with Crippen LogP contribution in [0.1, 0.15) is 0 Å². The summed E-state index contributed by atoms with van der Waals surface area (Å²) >= 11 is 1.79. The molecule has 2 nitrogen and oxygen atoms in total. The summed E-state index contributed by atoms with van der Waals surface area (Å²) in [7, 11) is 0. The summed E-state index contributed by atoms with van der Waals surface area (Å²) < 4.78 is 5.33. The highest BCUT2D eigenvalue weighted by Crippen LogP contribution is 2.22. The number of benzene rings is 1. The van der Waals surface area contributed by atoms with Crippen molar-refractivity contribution in [3.63, 3.8) is 0 Å². The van der Waals surface area contributed by atoms with Gasteiger partial charge in [-0.05, 0) is 24.5 Å². The summed E-state index contributed by atoms with van der Waals surface area (Å²) in [6, 6.07) is 8.69. The normalized spacial score (nSPS) is 17.1. The van der Waals surface area contributed by atoms with E-state index in [2.05, 4.69) is 35.4 Å². The van der Waals surface area contributed by atoms with Crippen molar-refractivity contribution in [3.8, 4) is 0 Å². The molecular formula is C11H15NOS. The SMILES string of the molecule is CSc1cccc(N2CCOCC2)c1. The summed E-state index contributed by atoms with van der Waals surface area (Å²) in [6.45, 7) is 3.72.